The molecule has 0 bridgehead atoms. The molecule has 1 atom stereocenters. The van der Waals surface area contributed by atoms with Gasteiger partial charge in [-0.05, 0) is 18.6 Å². The first-order valence-electron chi connectivity index (χ1n) is 8.53. The van der Waals surface area contributed by atoms with Crippen LogP contribution in [0, 0.1) is 0 Å². The Morgan fingerprint density at radius 1 is 1.25 bits per heavy atom. The molecule has 0 aliphatic carbocycles. The molecule has 1 saturated heterocycles. The van der Waals surface area contributed by atoms with Gasteiger partial charge in [0.25, 0.3) is 5.91 Å². The number of pyridine rings is 1. The predicted molar refractivity (Wildman–Crippen MR) is 93.7 cm³/mol. The fraction of sp³-hybridized carbons (Fsp3) is 0.421. The molecule has 3 rings (SSSR count). The Morgan fingerprint density at radius 2 is 2.04 bits per heavy atom. The summed E-state index contributed by atoms with van der Waals surface area (Å²) in [6.07, 6.45) is 4.35. The maximum atomic E-state index is 13.2. The zero-order valence-electron chi connectivity index (χ0n) is 14.2. The average Bonchev–Trinajstić information content (AvgIpc) is 2.62. The zero-order valence-corrected chi connectivity index (χ0v) is 14.2. The van der Waals surface area contributed by atoms with Gasteiger partial charge in [0.2, 0.25) is 5.91 Å². The summed E-state index contributed by atoms with van der Waals surface area (Å²) in [6, 6.07) is 9.06. The molecule has 126 valence electrons. The van der Waals surface area contributed by atoms with E-state index < -0.39 is 0 Å². The van der Waals surface area contributed by atoms with Gasteiger partial charge in [-0.2, -0.15) is 0 Å². The number of para-hydroxylation sites is 1. The van der Waals surface area contributed by atoms with Crippen molar-refractivity contribution in [3.63, 3.8) is 0 Å². The quantitative estimate of drug-likeness (QED) is 0.868. The molecule has 1 aliphatic rings. The number of hydrogen-bond donors (Lipinski definition) is 0. The molecule has 0 spiro atoms. The number of benzene rings is 1. The van der Waals surface area contributed by atoms with Crippen molar-refractivity contribution in [2.45, 2.75) is 32.2 Å². The van der Waals surface area contributed by atoms with Crippen molar-refractivity contribution < 1.29 is 9.59 Å². The van der Waals surface area contributed by atoms with Gasteiger partial charge < -0.3 is 9.80 Å². The van der Waals surface area contributed by atoms with E-state index >= 15 is 0 Å². The normalized spacial score (nSPS) is 18.2. The van der Waals surface area contributed by atoms with Gasteiger partial charge in [-0.1, -0.05) is 38.0 Å². The molecule has 0 N–H and O–H groups in total. The fourth-order valence-electron chi connectivity index (χ4n) is 3.26. The number of rotatable bonds is 4. The first-order valence-corrected chi connectivity index (χ1v) is 8.53. The molecular weight excluding hydrogens is 302 g/mol. The molecule has 1 unspecified atom stereocenters. The maximum absolute atomic E-state index is 13.2. The van der Waals surface area contributed by atoms with E-state index in [2.05, 4.69) is 11.9 Å². The summed E-state index contributed by atoms with van der Waals surface area (Å²) >= 11 is 0. The summed E-state index contributed by atoms with van der Waals surface area (Å²) in [6.45, 7) is 3.24. The van der Waals surface area contributed by atoms with E-state index in [-0.39, 0.29) is 17.9 Å². The Hall–Kier alpha value is -2.43. The third-order valence-electron chi connectivity index (χ3n) is 4.67. The molecule has 0 saturated carbocycles. The van der Waals surface area contributed by atoms with Crippen LogP contribution in [0.15, 0.2) is 36.5 Å². The Balaban J connectivity index is 1.95. The lowest BCUT2D eigenvalue weighted by molar-refractivity contribution is -0.138. The van der Waals surface area contributed by atoms with E-state index in [1.54, 1.807) is 22.1 Å². The SMILES string of the molecule is CCCCC1C(=O)N(C)CCN1C(=O)c1cccc2cccnc12. The largest absolute Gasteiger partial charge is 0.342 e. The molecule has 2 amide bonds. The van der Waals surface area contributed by atoms with Crippen molar-refractivity contribution in [2.24, 2.45) is 0 Å². The molecule has 2 aromatic rings. The molecule has 5 heteroatoms. The van der Waals surface area contributed by atoms with Crippen LogP contribution in [0.2, 0.25) is 0 Å². The van der Waals surface area contributed by atoms with Gasteiger partial charge in [0.1, 0.15) is 6.04 Å². The second-order valence-corrected chi connectivity index (χ2v) is 6.30. The van der Waals surface area contributed by atoms with Crippen molar-refractivity contribution in [2.75, 3.05) is 20.1 Å². The van der Waals surface area contributed by atoms with E-state index in [1.165, 1.54) is 0 Å². The molecule has 1 fully saturated rings. The lowest BCUT2D eigenvalue weighted by Gasteiger charge is -2.39. The highest BCUT2D eigenvalue weighted by Gasteiger charge is 2.36. The molecule has 1 aromatic heterocycles. The zero-order chi connectivity index (χ0) is 17.1. The monoisotopic (exact) mass is 325 g/mol. The summed E-state index contributed by atoms with van der Waals surface area (Å²) in [5, 5.41) is 0.939. The second kappa shape index (κ2) is 6.99. The standard InChI is InChI=1S/C19H23N3O2/c1-3-4-10-16-19(24)21(2)12-13-22(16)18(23)15-9-5-7-14-8-6-11-20-17(14)15/h5-9,11,16H,3-4,10,12-13H2,1-2H3. The Labute approximate surface area is 142 Å². The summed E-state index contributed by atoms with van der Waals surface area (Å²) in [4.78, 5) is 33.6. The van der Waals surface area contributed by atoms with Crippen molar-refractivity contribution in [1.29, 1.82) is 0 Å². The number of aromatic nitrogens is 1. The van der Waals surface area contributed by atoms with Crippen LogP contribution in [0.5, 0.6) is 0 Å². The van der Waals surface area contributed by atoms with Gasteiger partial charge in [-0.3, -0.25) is 14.6 Å². The molecule has 0 radical (unpaired) electrons. The van der Waals surface area contributed by atoms with Gasteiger partial charge in [-0.25, -0.2) is 0 Å². The fourth-order valence-corrected chi connectivity index (χ4v) is 3.26. The number of piperazine rings is 1. The number of likely N-dealkylation sites (N-methyl/N-ethyl adjacent to an activating group) is 1. The average molecular weight is 325 g/mol. The summed E-state index contributed by atoms with van der Waals surface area (Å²) < 4.78 is 0. The van der Waals surface area contributed by atoms with Crippen LogP contribution in [-0.2, 0) is 4.79 Å². The van der Waals surface area contributed by atoms with Crippen LogP contribution in [0.3, 0.4) is 0 Å². The van der Waals surface area contributed by atoms with Crippen molar-refractivity contribution in [3.05, 3.63) is 42.1 Å². The minimum atomic E-state index is -0.366. The van der Waals surface area contributed by atoms with Crippen LogP contribution >= 0.6 is 0 Å². The van der Waals surface area contributed by atoms with Gasteiger partial charge in [0, 0.05) is 31.7 Å². The van der Waals surface area contributed by atoms with Crippen LogP contribution in [-0.4, -0.2) is 52.8 Å². The summed E-state index contributed by atoms with van der Waals surface area (Å²) in [7, 11) is 1.81. The number of nitrogens with zero attached hydrogens (tertiary/aromatic N) is 3. The van der Waals surface area contributed by atoms with E-state index in [0.29, 0.717) is 30.6 Å². The third-order valence-corrected chi connectivity index (χ3v) is 4.67. The summed E-state index contributed by atoms with van der Waals surface area (Å²) in [5.74, 6) is -0.0573. The number of carbonyl (C=O) groups excluding carboxylic acids is 2. The van der Waals surface area contributed by atoms with Gasteiger partial charge in [-0.15, -0.1) is 0 Å². The lowest BCUT2D eigenvalue weighted by atomic mass is 10.0. The third kappa shape index (κ3) is 2.98. The molecule has 24 heavy (non-hydrogen) atoms. The van der Waals surface area contributed by atoms with Crippen LogP contribution < -0.4 is 0 Å². The molecular formula is C19H23N3O2. The topological polar surface area (TPSA) is 53.5 Å². The number of fused-ring (bicyclic) bond motifs is 1. The summed E-state index contributed by atoms with van der Waals surface area (Å²) in [5.41, 5.74) is 1.28. The van der Waals surface area contributed by atoms with Crippen molar-refractivity contribution in [3.8, 4) is 0 Å². The molecule has 1 aliphatic heterocycles. The minimum Gasteiger partial charge on any atom is -0.342 e. The van der Waals surface area contributed by atoms with Gasteiger partial charge in [0.05, 0.1) is 11.1 Å². The van der Waals surface area contributed by atoms with Crippen molar-refractivity contribution in [1.82, 2.24) is 14.8 Å². The second-order valence-electron chi connectivity index (χ2n) is 6.30. The van der Waals surface area contributed by atoms with E-state index in [4.69, 9.17) is 0 Å². The Kier molecular flexibility index (Phi) is 4.79. The maximum Gasteiger partial charge on any atom is 0.256 e. The highest BCUT2D eigenvalue weighted by atomic mass is 16.2. The van der Waals surface area contributed by atoms with Crippen LogP contribution in [0.4, 0.5) is 0 Å². The Bertz CT molecular complexity index is 754. The first kappa shape index (κ1) is 16.4. The smallest absolute Gasteiger partial charge is 0.256 e. The first-order chi connectivity index (χ1) is 11.6. The van der Waals surface area contributed by atoms with E-state index in [9.17, 15) is 9.59 Å². The number of amides is 2. The molecule has 5 nitrogen and oxygen atoms in total. The number of unbranched alkanes of at least 4 members (excludes halogenated alkanes) is 1. The van der Waals surface area contributed by atoms with Crippen molar-refractivity contribution >= 4 is 22.7 Å². The minimum absolute atomic E-state index is 0.0382. The number of carbonyl (C=O) groups is 2. The molecule has 1 aromatic carbocycles. The van der Waals surface area contributed by atoms with E-state index in [1.807, 2.05) is 31.3 Å². The Morgan fingerprint density at radius 3 is 2.83 bits per heavy atom. The highest BCUT2D eigenvalue weighted by Crippen LogP contribution is 2.22. The van der Waals surface area contributed by atoms with Crippen LogP contribution in [0.1, 0.15) is 36.5 Å². The van der Waals surface area contributed by atoms with E-state index in [0.717, 1.165) is 18.2 Å². The lowest BCUT2D eigenvalue weighted by Crippen LogP contribution is -2.57. The van der Waals surface area contributed by atoms with Gasteiger partial charge >= 0.3 is 0 Å². The number of hydrogen-bond acceptors (Lipinski definition) is 3. The van der Waals surface area contributed by atoms with Crippen LogP contribution in [0.25, 0.3) is 10.9 Å². The predicted octanol–water partition coefficient (Wildman–Crippen LogP) is 2.71. The highest BCUT2D eigenvalue weighted by molar-refractivity contribution is 6.07. The van der Waals surface area contributed by atoms with Gasteiger partial charge in [0.15, 0.2) is 0 Å². The molecule has 2 heterocycles.